The van der Waals surface area contributed by atoms with Crippen molar-refractivity contribution in [2.45, 2.75) is 39.0 Å². The standard InChI is InChI=1S/C10H18N2O/c1-7(9(11)10(12)13)8-5-3-2-4-6-8/h8H,2-6,11H2,1H3,(H2,12,13). The van der Waals surface area contributed by atoms with Crippen molar-refractivity contribution in [3.63, 3.8) is 0 Å². The summed E-state index contributed by atoms with van der Waals surface area (Å²) in [5.74, 6) is 0.00400. The van der Waals surface area contributed by atoms with Gasteiger partial charge in [0.2, 0.25) is 0 Å². The molecule has 74 valence electrons. The minimum atomic E-state index is -0.483. The molecular formula is C10H18N2O. The molecule has 0 unspecified atom stereocenters. The molecule has 1 amide bonds. The molecule has 0 spiro atoms. The Morgan fingerprint density at radius 1 is 1.15 bits per heavy atom. The summed E-state index contributed by atoms with van der Waals surface area (Å²) in [4.78, 5) is 10.8. The van der Waals surface area contributed by atoms with Crippen molar-refractivity contribution in [1.29, 1.82) is 0 Å². The number of hydrogen-bond acceptors (Lipinski definition) is 2. The van der Waals surface area contributed by atoms with E-state index in [2.05, 4.69) is 0 Å². The van der Waals surface area contributed by atoms with Crippen LogP contribution in [0.15, 0.2) is 11.3 Å². The fourth-order valence-corrected chi connectivity index (χ4v) is 1.95. The van der Waals surface area contributed by atoms with Gasteiger partial charge in [-0.15, -0.1) is 0 Å². The number of carbonyl (C=O) groups excluding carboxylic acids is 1. The maximum Gasteiger partial charge on any atom is 0.264 e. The zero-order chi connectivity index (χ0) is 9.84. The van der Waals surface area contributed by atoms with E-state index in [9.17, 15) is 4.79 Å². The van der Waals surface area contributed by atoms with Crippen molar-refractivity contribution < 1.29 is 4.79 Å². The average Bonchev–Trinajstić information content (AvgIpc) is 2.17. The number of rotatable bonds is 2. The molecule has 0 atom stereocenters. The molecule has 1 aliphatic rings. The third-order valence-electron chi connectivity index (χ3n) is 2.91. The predicted molar refractivity (Wildman–Crippen MR) is 52.7 cm³/mol. The molecule has 13 heavy (non-hydrogen) atoms. The van der Waals surface area contributed by atoms with Crippen molar-refractivity contribution in [3.05, 3.63) is 11.3 Å². The molecular weight excluding hydrogens is 164 g/mol. The fourth-order valence-electron chi connectivity index (χ4n) is 1.95. The Hall–Kier alpha value is -0.990. The molecule has 0 radical (unpaired) electrons. The maximum absolute atomic E-state index is 10.8. The molecule has 0 aromatic rings. The van der Waals surface area contributed by atoms with E-state index >= 15 is 0 Å². The highest BCUT2D eigenvalue weighted by atomic mass is 16.1. The van der Waals surface area contributed by atoms with Crippen molar-refractivity contribution in [2.24, 2.45) is 17.4 Å². The second-order valence-electron chi connectivity index (χ2n) is 3.80. The van der Waals surface area contributed by atoms with Gasteiger partial charge in [0.1, 0.15) is 0 Å². The third kappa shape index (κ3) is 2.47. The SMILES string of the molecule is CC(=C(N)C(N)=O)C1CCCCC1. The van der Waals surface area contributed by atoms with E-state index in [1.807, 2.05) is 6.92 Å². The van der Waals surface area contributed by atoms with Crippen LogP contribution in [0.5, 0.6) is 0 Å². The topological polar surface area (TPSA) is 69.1 Å². The van der Waals surface area contributed by atoms with E-state index in [4.69, 9.17) is 11.5 Å². The van der Waals surface area contributed by atoms with E-state index in [0.29, 0.717) is 5.92 Å². The minimum Gasteiger partial charge on any atom is -0.394 e. The number of primary amides is 1. The number of hydrogen-bond donors (Lipinski definition) is 2. The van der Waals surface area contributed by atoms with Gasteiger partial charge in [0, 0.05) is 0 Å². The summed E-state index contributed by atoms with van der Waals surface area (Å²) in [7, 11) is 0. The lowest BCUT2D eigenvalue weighted by Gasteiger charge is -2.23. The van der Waals surface area contributed by atoms with Crippen molar-refractivity contribution in [1.82, 2.24) is 0 Å². The number of nitrogens with two attached hydrogens (primary N) is 2. The average molecular weight is 182 g/mol. The van der Waals surface area contributed by atoms with Crippen LogP contribution in [-0.2, 0) is 4.79 Å². The summed E-state index contributed by atoms with van der Waals surface area (Å²) in [6.07, 6.45) is 6.10. The summed E-state index contributed by atoms with van der Waals surface area (Å²) in [6.45, 7) is 1.93. The van der Waals surface area contributed by atoms with Crippen LogP contribution in [0.4, 0.5) is 0 Å². The summed E-state index contributed by atoms with van der Waals surface area (Å²) >= 11 is 0. The van der Waals surface area contributed by atoms with Crippen LogP contribution in [0.2, 0.25) is 0 Å². The summed E-state index contributed by atoms with van der Waals surface area (Å²) in [5, 5.41) is 0. The predicted octanol–water partition coefficient (Wildman–Crippen LogP) is 1.28. The van der Waals surface area contributed by atoms with Crippen LogP contribution in [-0.4, -0.2) is 5.91 Å². The monoisotopic (exact) mass is 182 g/mol. The Kier molecular flexibility index (Phi) is 3.34. The highest BCUT2D eigenvalue weighted by Crippen LogP contribution is 2.29. The van der Waals surface area contributed by atoms with Gasteiger partial charge in [0.05, 0.1) is 5.70 Å². The molecule has 0 saturated heterocycles. The number of amides is 1. The maximum atomic E-state index is 10.8. The Morgan fingerprint density at radius 2 is 1.69 bits per heavy atom. The van der Waals surface area contributed by atoms with Crippen LogP contribution >= 0.6 is 0 Å². The Morgan fingerprint density at radius 3 is 2.15 bits per heavy atom. The van der Waals surface area contributed by atoms with Gasteiger partial charge in [-0.05, 0) is 31.3 Å². The first-order chi connectivity index (χ1) is 6.13. The van der Waals surface area contributed by atoms with Gasteiger partial charge >= 0.3 is 0 Å². The molecule has 1 saturated carbocycles. The molecule has 1 aliphatic carbocycles. The van der Waals surface area contributed by atoms with E-state index < -0.39 is 5.91 Å². The molecule has 0 heterocycles. The van der Waals surface area contributed by atoms with Gasteiger partial charge in [0.15, 0.2) is 0 Å². The highest BCUT2D eigenvalue weighted by molar-refractivity contribution is 5.91. The summed E-state index contributed by atoms with van der Waals surface area (Å²) in [6, 6.07) is 0. The largest absolute Gasteiger partial charge is 0.394 e. The van der Waals surface area contributed by atoms with Crippen LogP contribution in [0.3, 0.4) is 0 Å². The Balaban J connectivity index is 2.68. The molecule has 1 fully saturated rings. The van der Waals surface area contributed by atoms with Crippen LogP contribution in [0.25, 0.3) is 0 Å². The third-order valence-corrected chi connectivity index (χ3v) is 2.91. The van der Waals surface area contributed by atoms with E-state index in [-0.39, 0.29) is 5.70 Å². The number of carbonyl (C=O) groups is 1. The van der Waals surface area contributed by atoms with Gasteiger partial charge in [-0.25, -0.2) is 0 Å². The van der Waals surface area contributed by atoms with Crippen LogP contribution in [0.1, 0.15) is 39.0 Å². The van der Waals surface area contributed by atoms with E-state index in [0.717, 1.165) is 18.4 Å². The molecule has 3 heteroatoms. The lowest BCUT2D eigenvalue weighted by molar-refractivity contribution is -0.114. The zero-order valence-electron chi connectivity index (χ0n) is 8.18. The van der Waals surface area contributed by atoms with Gasteiger partial charge in [0.25, 0.3) is 5.91 Å². The van der Waals surface area contributed by atoms with Crippen molar-refractivity contribution in [2.75, 3.05) is 0 Å². The van der Waals surface area contributed by atoms with E-state index in [1.165, 1.54) is 19.3 Å². The Labute approximate surface area is 79.2 Å². The first-order valence-corrected chi connectivity index (χ1v) is 4.89. The number of allylic oxidation sites excluding steroid dienone is 1. The molecule has 4 N–H and O–H groups in total. The lowest BCUT2D eigenvalue weighted by atomic mass is 9.83. The smallest absolute Gasteiger partial charge is 0.264 e. The zero-order valence-corrected chi connectivity index (χ0v) is 8.18. The first-order valence-electron chi connectivity index (χ1n) is 4.89. The molecule has 3 nitrogen and oxygen atoms in total. The lowest BCUT2D eigenvalue weighted by Crippen LogP contribution is -2.24. The second kappa shape index (κ2) is 4.30. The fraction of sp³-hybridized carbons (Fsp3) is 0.700. The molecule has 1 rings (SSSR count). The van der Waals surface area contributed by atoms with E-state index in [1.54, 1.807) is 0 Å². The van der Waals surface area contributed by atoms with Crippen molar-refractivity contribution >= 4 is 5.91 Å². The van der Waals surface area contributed by atoms with Crippen molar-refractivity contribution in [3.8, 4) is 0 Å². The molecule has 0 bridgehead atoms. The Bertz CT molecular complexity index is 227. The van der Waals surface area contributed by atoms with Gasteiger partial charge in [-0.1, -0.05) is 19.3 Å². The molecule has 0 aromatic heterocycles. The van der Waals surface area contributed by atoms with Crippen LogP contribution < -0.4 is 11.5 Å². The van der Waals surface area contributed by atoms with Crippen LogP contribution in [0, 0.1) is 5.92 Å². The molecule has 0 aliphatic heterocycles. The first kappa shape index (κ1) is 10.1. The summed E-state index contributed by atoms with van der Waals surface area (Å²) in [5.41, 5.74) is 12.0. The summed E-state index contributed by atoms with van der Waals surface area (Å²) < 4.78 is 0. The quantitative estimate of drug-likeness (QED) is 0.632. The van der Waals surface area contributed by atoms with Gasteiger partial charge < -0.3 is 11.5 Å². The normalized spacial score (nSPS) is 21.0. The highest BCUT2D eigenvalue weighted by Gasteiger charge is 2.18. The van der Waals surface area contributed by atoms with Gasteiger partial charge in [-0.3, -0.25) is 4.79 Å². The van der Waals surface area contributed by atoms with Gasteiger partial charge in [-0.2, -0.15) is 0 Å². The second-order valence-corrected chi connectivity index (χ2v) is 3.80. The molecule has 0 aromatic carbocycles. The minimum absolute atomic E-state index is 0.270.